The minimum Gasteiger partial charge on any atom is -0.480 e. The molecule has 1 rings (SSSR count). The number of aliphatic carboxylic acids is 1. The number of carboxylic acids is 1. The summed E-state index contributed by atoms with van der Waals surface area (Å²) in [5.41, 5.74) is -0.164. The molecule has 1 amide bonds. The van der Waals surface area contributed by atoms with E-state index < -0.39 is 23.3 Å². The lowest BCUT2D eigenvalue weighted by Crippen LogP contribution is -2.40. The van der Waals surface area contributed by atoms with Crippen LogP contribution in [0.2, 0.25) is 0 Å². The van der Waals surface area contributed by atoms with Gasteiger partial charge in [-0.1, -0.05) is 15.9 Å². The molecule has 0 bridgehead atoms. The fourth-order valence-corrected chi connectivity index (χ4v) is 2.08. The Morgan fingerprint density at radius 3 is 2.45 bits per heavy atom. The second-order valence-electron chi connectivity index (χ2n) is 4.38. The first-order valence-corrected chi connectivity index (χ1v) is 6.49. The molecule has 1 N–H and O–H groups in total. The Labute approximate surface area is 123 Å². The van der Waals surface area contributed by atoms with E-state index in [4.69, 9.17) is 5.11 Å². The second-order valence-corrected chi connectivity index (χ2v) is 5.29. The van der Waals surface area contributed by atoms with E-state index in [0.29, 0.717) is 4.47 Å². The van der Waals surface area contributed by atoms with E-state index in [2.05, 4.69) is 15.9 Å². The topological polar surface area (TPSA) is 101 Å². The van der Waals surface area contributed by atoms with Crippen LogP contribution in [0.1, 0.15) is 24.2 Å². The SMILES string of the molecule is CC(C)N(CC(=O)O)C(=O)c1cc(Br)cc([N+](=O)[O-])c1. The van der Waals surface area contributed by atoms with Crippen LogP contribution in [0.4, 0.5) is 5.69 Å². The molecular weight excluding hydrogens is 332 g/mol. The van der Waals surface area contributed by atoms with Crippen molar-refractivity contribution in [3.8, 4) is 0 Å². The molecule has 0 saturated carbocycles. The zero-order valence-electron chi connectivity index (χ0n) is 10.9. The van der Waals surface area contributed by atoms with Crippen molar-refractivity contribution in [2.45, 2.75) is 19.9 Å². The number of nitrogens with zero attached hydrogens (tertiary/aromatic N) is 2. The quantitative estimate of drug-likeness (QED) is 0.652. The molecule has 8 heteroatoms. The molecule has 0 heterocycles. The van der Waals surface area contributed by atoms with Gasteiger partial charge in [0.1, 0.15) is 6.54 Å². The second kappa shape index (κ2) is 6.47. The van der Waals surface area contributed by atoms with Gasteiger partial charge in [0.25, 0.3) is 11.6 Å². The lowest BCUT2D eigenvalue weighted by molar-refractivity contribution is -0.385. The standard InChI is InChI=1S/C12H13BrN2O5/c1-7(2)14(6-11(16)17)12(18)8-3-9(13)5-10(4-8)15(19)20/h3-5,7H,6H2,1-2H3,(H,16,17). The molecular formula is C12H13BrN2O5. The lowest BCUT2D eigenvalue weighted by atomic mass is 10.1. The van der Waals surface area contributed by atoms with Gasteiger partial charge in [0.05, 0.1) is 4.92 Å². The highest BCUT2D eigenvalue weighted by Crippen LogP contribution is 2.22. The molecule has 0 unspecified atom stereocenters. The summed E-state index contributed by atoms with van der Waals surface area (Å²) in [7, 11) is 0. The number of nitro benzene ring substituents is 1. The smallest absolute Gasteiger partial charge is 0.323 e. The number of nitro groups is 1. The van der Waals surface area contributed by atoms with Crippen molar-refractivity contribution < 1.29 is 19.6 Å². The third-order valence-corrected chi connectivity index (χ3v) is 2.99. The zero-order valence-corrected chi connectivity index (χ0v) is 12.5. The van der Waals surface area contributed by atoms with E-state index in [-0.39, 0.29) is 17.3 Å². The Morgan fingerprint density at radius 1 is 1.40 bits per heavy atom. The van der Waals surface area contributed by atoms with Gasteiger partial charge in [-0.3, -0.25) is 19.7 Å². The maximum Gasteiger partial charge on any atom is 0.323 e. The van der Waals surface area contributed by atoms with Crippen molar-refractivity contribution in [3.05, 3.63) is 38.3 Å². The van der Waals surface area contributed by atoms with Gasteiger partial charge in [0, 0.05) is 28.2 Å². The summed E-state index contributed by atoms with van der Waals surface area (Å²) in [5, 5.41) is 19.6. The van der Waals surface area contributed by atoms with Crippen LogP contribution in [-0.4, -0.2) is 39.4 Å². The predicted molar refractivity (Wildman–Crippen MR) is 74.6 cm³/mol. The molecule has 0 aliphatic carbocycles. The van der Waals surface area contributed by atoms with Crippen LogP contribution in [0.3, 0.4) is 0 Å². The van der Waals surface area contributed by atoms with Crippen molar-refractivity contribution in [2.24, 2.45) is 0 Å². The Bertz CT molecular complexity index is 559. The Kier molecular flexibility index (Phi) is 5.20. The Hall–Kier alpha value is -1.96. The maximum atomic E-state index is 12.3. The van der Waals surface area contributed by atoms with Crippen molar-refractivity contribution in [3.63, 3.8) is 0 Å². The number of hydrogen-bond donors (Lipinski definition) is 1. The molecule has 0 atom stereocenters. The van der Waals surface area contributed by atoms with E-state index in [1.54, 1.807) is 13.8 Å². The van der Waals surface area contributed by atoms with Gasteiger partial charge in [-0.25, -0.2) is 0 Å². The summed E-state index contributed by atoms with van der Waals surface area (Å²) in [5.74, 6) is -1.71. The number of non-ortho nitro benzene ring substituents is 1. The molecule has 1 aromatic rings. The highest BCUT2D eigenvalue weighted by atomic mass is 79.9. The van der Waals surface area contributed by atoms with Crippen LogP contribution in [0.5, 0.6) is 0 Å². The summed E-state index contributed by atoms with van der Waals surface area (Å²) in [6.07, 6.45) is 0. The van der Waals surface area contributed by atoms with Gasteiger partial charge in [-0.05, 0) is 19.9 Å². The number of benzene rings is 1. The zero-order chi connectivity index (χ0) is 15.4. The lowest BCUT2D eigenvalue weighted by Gasteiger charge is -2.24. The molecule has 0 aromatic heterocycles. The first kappa shape index (κ1) is 16.1. The van der Waals surface area contributed by atoms with Crippen molar-refractivity contribution >= 4 is 33.5 Å². The molecule has 0 saturated heterocycles. The number of carbonyl (C=O) groups excluding carboxylic acids is 1. The van der Waals surface area contributed by atoms with Gasteiger partial charge < -0.3 is 10.0 Å². The van der Waals surface area contributed by atoms with Gasteiger partial charge in [-0.15, -0.1) is 0 Å². The van der Waals surface area contributed by atoms with Gasteiger partial charge in [0.2, 0.25) is 0 Å². The van der Waals surface area contributed by atoms with Crippen LogP contribution in [0, 0.1) is 10.1 Å². The fourth-order valence-electron chi connectivity index (χ4n) is 1.60. The highest BCUT2D eigenvalue weighted by molar-refractivity contribution is 9.10. The predicted octanol–water partition coefficient (Wildman–Crippen LogP) is 2.29. The average Bonchev–Trinajstić information content (AvgIpc) is 2.33. The third-order valence-electron chi connectivity index (χ3n) is 2.53. The van der Waals surface area contributed by atoms with Crippen LogP contribution in [0.25, 0.3) is 0 Å². The number of hydrogen-bond acceptors (Lipinski definition) is 4. The number of rotatable bonds is 5. The number of carbonyl (C=O) groups is 2. The van der Waals surface area contributed by atoms with Crippen molar-refractivity contribution in [1.82, 2.24) is 4.90 Å². The molecule has 0 aliphatic heterocycles. The number of halogens is 1. The summed E-state index contributed by atoms with van der Waals surface area (Å²) in [4.78, 5) is 34.3. The Balaban J connectivity index is 3.17. The van der Waals surface area contributed by atoms with E-state index >= 15 is 0 Å². The van der Waals surface area contributed by atoms with E-state index in [9.17, 15) is 19.7 Å². The first-order valence-electron chi connectivity index (χ1n) is 5.70. The number of amides is 1. The van der Waals surface area contributed by atoms with Crippen LogP contribution < -0.4 is 0 Å². The van der Waals surface area contributed by atoms with Crippen LogP contribution in [0.15, 0.2) is 22.7 Å². The normalized spacial score (nSPS) is 10.4. The molecule has 0 aliphatic rings. The molecule has 7 nitrogen and oxygen atoms in total. The highest BCUT2D eigenvalue weighted by Gasteiger charge is 2.23. The summed E-state index contributed by atoms with van der Waals surface area (Å²) < 4.78 is 0.383. The van der Waals surface area contributed by atoms with E-state index in [1.807, 2.05) is 0 Å². The Morgan fingerprint density at radius 2 is 2.00 bits per heavy atom. The minimum atomic E-state index is -1.14. The van der Waals surface area contributed by atoms with Crippen molar-refractivity contribution in [1.29, 1.82) is 0 Å². The summed E-state index contributed by atoms with van der Waals surface area (Å²) in [6, 6.07) is 3.49. The van der Waals surface area contributed by atoms with Crippen LogP contribution >= 0.6 is 15.9 Å². The number of carboxylic acid groups (broad SMARTS) is 1. The molecule has 20 heavy (non-hydrogen) atoms. The summed E-state index contributed by atoms with van der Waals surface area (Å²) in [6.45, 7) is 2.89. The first-order chi connectivity index (χ1) is 9.22. The van der Waals surface area contributed by atoms with Crippen molar-refractivity contribution in [2.75, 3.05) is 6.54 Å². The van der Waals surface area contributed by atoms with E-state index in [1.165, 1.54) is 12.1 Å². The molecule has 0 radical (unpaired) electrons. The summed E-state index contributed by atoms with van der Waals surface area (Å²) >= 11 is 3.10. The monoisotopic (exact) mass is 344 g/mol. The third kappa shape index (κ3) is 4.02. The largest absolute Gasteiger partial charge is 0.480 e. The fraction of sp³-hybridized carbons (Fsp3) is 0.333. The maximum absolute atomic E-state index is 12.3. The minimum absolute atomic E-state index is 0.0704. The van der Waals surface area contributed by atoms with Crippen LogP contribution in [-0.2, 0) is 4.79 Å². The molecule has 0 fully saturated rings. The van der Waals surface area contributed by atoms with E-state index in [0.717, 1.165) is 11.0 Å². The molecule has 108 valence electrons. The van der Waals surface area contributed by atoms with Gasteiger partial charge in [0.15, 0.2) is 0 Å². The molecule has 1 aromatic carbocycles. The van der Waals surface area contributed by atoms with Gasteiger partial charge in [-0.2, -0.15) is 0 Å². The van der Waals surface area contributed by atoms with Gasteiger partial charge >= 0.3 is 5.97 Å². The average molecular weight is 345 g/mol. The molecule has 0 spiro atoms.